The number of carbonyl (C=O) groups excluding carboxylic acids is 1. The van der Waals surface area contributed by atoms with Crippen LogP contribution < -0.4 is 5.32 Å². The average molecular weight is 422 g/mol. The van der Waals surface area contributed by atoms with Crippen LogP contribution in [0.3, 0.4) is 0 Å². The second-order valence-electron chi connectivity index (χ2n) is 6.07. The zero-order valence-corrected chi connectivity index (χ0v) is 17.0. The highest BCUT2D eigenvalue weighted by Crippen LogP contribution is 2.30. The van der Waals surface area contributed by atoms with E-state index in [4.69, 9.17) is 27.6 Å². The van der Waals surface area contributed by atoms with Crippen LogP contribution in [-0.4, -0.2) is 21.4 Å². The van der Waals surface area contributed by atoms with Crippen molar-refractivity contribution in [3.63, 3.8) is 0 Å². The van der Waals surface area contributed by atoms with Crippen LogP contribution in [0.1, 0.15) is 19.4 Å². The molecule has 0 unspecified atom stereocenters. The maximum atomic E-state index is 12.2. The van der Waals surface area contributed by atoms with Crippen LogP contribution in [-0.2, 0) is 11.2 Å². The molecule has 0 saturated carbocycles. The molecule has 0 spiro atoms. The van der Waals surface area contributed by atoms with Crippen molar-refractivity contribution in [2.24, 2.45) is 0 Å². The summed E-state index contributed by atoms with van der Waals surface area (Å²) < 4.78 is 5.48. The van der Waals surface area contributed by atoms with Crippen LogP contribution in [0.25, 0.3) is 11.5 Å². The van der Waals surface area contributed by atoms with Crippen molar-refractivity contribution in [3.8, 4) is 11.5 Å². The molecular weight excluding hydrogens is 405 g/mol. The number of amides is 1. The van der Waals surface area contributed by atoms with Crippen LogP contribution >= 0.6 is 35.0 Å². The Morgan fingerprint density at radius 2 is 1.89 bits per heavy atom. The van der Waals surface area contributed by atoms with Crippen molar-refractivity contribution in [1.29, 1.82) is 0 Å². The molecule has 5 nitrogen and oxygen atoms in total. The first-order valence-electron chi connectivity index (χ1n) is 8.25. The lowest BCUT2D eigenvalue weighted by Crippen LogP contribution is -2.14. The van der Waals surface area contributed by atoms with E-state index in [1.807, 2.05) is 24.3 Å². The normalized spacial score (nSPS) is 11.0. The van der Waals surface area contributed by atoms with Crippen LogP contribution in [0.4, 0.5) is 6.01 Å². The van der Waals surface area contributed by atoms with Gasteiger partial charge in [0.2, 0.25) is 5.91 Å². The standard InChI is InChI=1S/C19H17Cl2N3O2S/c1-11(2)27-14-6-3-12(4-7-14)9-17(25)22-19-24-23-18(26-19)15-10-13(20)5-8-16(15)21/h3-8,10-11H,9H2,1-2H3,(H,22,24,25). The largest absolute Gasteiger partial charge is 0.403 e. The van der Waals surface area contributed by atoms with Gasteiger partial charge in [-0.05, 0) is 35.9 Å². The summed E-state index contributed by atoms with van der Waals surface area (Å²) >= 11 is 13.9. The minimum Gasteiger partial charge on any atom is -0.403 e. The van der Waals surface area contributed by atoms with Gasteiger partial charge in [-0.15, -0.1) is 16.9 Å². The van der Waals surface area contributed by atoms with Gasteiger partial charge < -0.3 is 4.42 Å². The van der Waals surface area contributed by atoms with Crippen molar-refractivity contribution in [1.82, 2.24) is 10.2 Å². The van der Waals surface area contributed by atoms with E-state index in [2.05, 4.69) is 29.4 Å². The molecule has 1 heterocycles. The highest BCUT2D eigenvalue weighted by Gasteiger charge is 2.14. The van der Waals surface area contributed by atoms with Gasteiger partial charge in [0.25, 0.3) is 5.89 Å². The lowest BCUT2D eigenvalue weighted by Gasteiger charge is -2.06. The van der Waals surface area contributed by atoms with Crippen molar-refractivity contribution in [2.75, 3.05) is 5.32 Å². The molecule has 140 valence electrons. The van der Waals surface area contributed by atoms with Crippen molar-refractivity contribution < 1.29 is 9.21 Å². The minimum absolute atomic E-state index is 0.0121. The third-order valence-electron chi connectivity index (χ3n) is 3.49. The Balaban J connectivity index is 1.63. The summed E-state index contributed by atoms with van der Waals surface area (Å²) in [5.74, 6) is -0.0560. The van der Waals surface area contributed by atoms with Gasteiger partial charge in [-0.2, -0.15) is 0 Å². The Morgan fingerprint density at radius 1 is 1.15 bits per heavy atom. The summed E-state index contributed by atoms with van der Waals surface area (Å²) in [5, 5.41) is 11.8. The molecule has 0 aliphatic rings. The van der Waals surface area contributed by atoms with Gasteiger partial charge >= 0.3 is 6.01 Å². The summed E-state index contributed by atoms with van der Waals surface area (Å²) in [6.07, 6.45) is 0.211. The highest BCUT2D eigenvalue weighted by atomic mass is 35.5. The first kappa shape index (κ1) is 19.7. The monoisotopic (exact) mass is 421 g/mol. The molecule has 3 aromatic rings. The summed E-state index contributed by atoms with van der Waals surface area (Å²) in [4.78, 5) is 13.4. The number of carbonyl (C=O) groups is 1. The highest BCUT2D eigenvalue weighted by molar-refractivity contribution is 7.99. The number of hydrogen-bond acceptors (Lipinski definition) is 5. The molecular formula is C19H17Cl2N3O2S. The predicted octanol–water partition coefficient (Wildman–Crippen LogP) is 5.73. The second-order valence-corrected chi connectivity index (χ2v) is 8.57. The molecule has 27 heavy (non-hydrogen) atoms. The summed E-state index contributed by atoms with van der Waals surface area (Å²) in [6.45, 7) is 4.28. The second kappa shape index (κ2) is 8.78. The third kappa shape index (κ3) is 5.48. The molecule has 1 aromatic heterocycles. The number of rotatable bonds is 6. The molecule has 0 radical (unpaired) electrons. The number of nitrogens with zero attached hydrogens (tertiary/aromatic N) is 2. The topological polar surface area (TPSA) is 68.0 Å². The molecule has 0 fully saturated rings. The zero-order chi connectivity index (χ0) is 19.4. The zero-order valence-electron chi connectivity index (χ0n) is 14.7. The molecule has 8 heteroatoms. The quantitative estimate of drug-likeness (QED) is 0.514. The first-order chi connectivity index (χ1) is 12.9. The molecule has 0 aliphatic heterocycles. The molecule has 1 amide bonds. The Labute approximate surface area is 171 Å². The number of benzene rings is 2. The molecule has 0 aliphatic carbocycles. The maximum Gasteiger partial charge on any atom is 0.322 e. The lowest BCUT2D eigenvalue weighted by molar-refractivity contribution is -0.115. The minimum atomic E-state index is -0.244. The van der Waals surface area contributed by atoms with Crippen LogP contribution in [0, 0.1) is 0 Å². The van der Waals surface area contributed by atoms with Crippen molar-refractivity contribution in [2.45, 2.75) is 30.4 Å². The van der Waals surface area contributed by atoms with E-state index >= 15 is 0 Å². The average Bonchev–Trinajstić information content (AvgIpc) is 3.06. The molecule has 0 bridgehead atoms. The van der Waals surface area contributed by atoms with Crippen LogP contribution in [0.5, 0.6) is 0 Å². The van der Waals surface area contributed by atoms with Gasteiger partial charge in [-0.1, -0.05) is 54.3 Å². The smallest absolute Gasteiger partial charge is 0.322 e. The maximum absolute atomic E-state index is 12.2. The van der Waals surface area contributed by atoms with Crippen molar-refractivity contribution in [3.05, 3.63) is 58.1 Å². The summed E-state index contributed by atoms with van der Waals surface area (Å²) in [7, 11) is 0. The van der Waals surface area contributed by atoms with Gasteiger partial charge in [-0.3, -0.25) is 10.1 Å². The fourth-order valence-electron chi connectivity index (χ4n) is 2.35. The number of thioether (sulfide) groups is 1. The number of halogens is 2. The first-order valence-corrected chi connectivity index (χ1v) is 9.88. The fourth-order valence-corrected chi connectivity index (χ4v) is 3.56. The predicted molar refractivity (Wildman–Crippen MR) is 110 cm³/mol. The number of nitrogens with one attached hydrogen (secondary N) is 1. The summed E-state index contributed by atoms with van der Waals surface area (Å²) in [6, 6.07) is 12.8. The Morgan fingerprint density at radius 3 is 2.59 bits per heavy atom. The fraction of sp³-hybridized carbons (Fsp3) is 0.211. The molecule has 1 N–H and O–H groups in total. The number of anilines is 1. The molecule has 2 aromatic carbocycles. The van der Waals surface area contributed by atoms with E-state index in [-0.39, 0.29) is 24.2 Å². The molecule has 3 rings (SSSR count). The third-order valence-corrected chi connectivity index (χ3v) is 5.07. The van der Waals surface area contributed by atoms with E-state index < -0.39 is 0 Å². The van der Waals surface area contributed by atoms with Gasteiger partial charge in [0.05, 0.1) is 17.0 Å². The van der Waals surface area contributed by atoms with E-state index in [0.29, 0.717) is 20.9 Å². The Kier molecular flexibility index (Phi) is 6.42. The molecule has 0 saturated heterocycles. The van der Waals surface area contributed by atoms with Gasteiger partial charge in [0.1, 0.15) is 0 Å². The van der Waals surface area contributed by atoms with Gasteiger partial charge in [0.15, 0.2) is 0 Å². The van der Waals surface area contributed by atoms with Crippen molar-refractivity contribution >= 4 is 46.9 Å². The van der Waals surface area contributed by atoms with Gasteiger partial charge in [0, 0.05) is 15.2 Å². The lowest BCUT2D eigenvalue weighted by atomic mass is 10.1. The van der Waals surface area contributed by atoms with E-state index in [0.717, 1.165) is 5.56 Å². The van der Waals surface area contributed by atoms with Crippen LogP contribution in [0.2, 0.25) is 10.0 Å². The Bertz CT molecular complexity index is 942. The summed E-state index contributed by atoms with van der Waals surface area (Å²) in [5.41, 5.74) is 1.41. The van der Waals surface area contributed by atoms with E-state index in [9.17, 15) is 4.79 Å². The van der Waals surface area contributed by atoms with E-state index in [1.54, 1.807) is 30.0 Å². The van der Waals surface area contributed by atoms with Crippen LogP contribution in [0.15, 0.2) is 51.8 Å². The SMILES string of the molecule is CC(C)Sc1ccc(CC(=O)Nc2nnc(-c3cc(Cl)ccc3Cl)o2)cc1. The number of aromatic nitrogens is 2. The van der Waals surface area contributed by atoms with Gasteiger partial charge in [-0.25, -0.2) is 0 Å². The van der Waals surface area contributed by atoms with E-state index in [1.165, 1.54) is 4.90 Å². The number of hydrogen-bond donors (Lipinski definition) is 1. The Hall–Kier alpha value is -2.02. The molecule has 0 atom stereocenters.